The molecule has 0 saturated heterocycles. The first-order valence-electron chi connectivity index (χ1n) is 9.47. The quantitative estimate of drug-likeness (QED) is 0.209. The van der Waals surface area contributed by atoms with Crippen LogP contribution in [0.3, 0.4) is 0 Å². The summed E-state index contributed by atoms with van der Waals surface area (Å²) < 4.78 is 31.1. The number of carbonyl (C=O) groups is 1. The molecule has 8 heteroatoms. The Morgan fingerprint density at radius 1 is 1.16 bits per heavy atom. The summed E-state index contributed by atoms with van der Waals surface area (Å²) in [6.45, 7) is 0.323. The first-order valence-corrected chi connectivity index (χ1v) is 10.9. The molecule has 0 bridgehead atoms. The Bertz CT molecular complexity index is 1260. The van der Waals surface area contributed by atoms with Crippen LogP contribution < -0.4 is 9.47 Å². The van der Waals surface area contributed by atoms with Crippen LogP contribution in [0.5, 0.6) is 11.5 Å². The number of hydrogen-bond donors (Lipinski definition) is 0. The predicted octanol–water partition coefficient (Wildman–Crippen LogP) is 6.02. The molecule has 0 fully saturated rings. The number of methoxy groups -OCH3 is 1. The van der Waals surface area contributed by atoms with Gasteiger partial charge in [-0.15, -0.1) is 0 Å². The van der Waals surface area contributed by atoms with Crippen molar-refractivity contribution in [3.63, 3.8) is 0 Å². The zero-order valence-corrected chi connectivity index (χ0v) is 19.7. The lowest BCUT2D eigenvalue weighted by Crippen LogP contribution is -2.05. The summed E-state index contributed by atoms with van der Waals surface area (Å²) in [4.78, 5) is 16.4. The molecule has 1 aliphatic rings. The highest BCUT2D eigenvalue weighted by molar-refractivity contribution is 14.1. The maximum Gasteiger partial charge on any atom is 0.363 e. The van der Waals surface area contributed by atoms with Crippen molar-refractivity contribution >= 4 is 52.1 Å². The second-order valence-electron chi connectivity index (χ2n) is 6.76. The number of ether oxygens (including phenoxy) is 3. The third-order valence-electron chi connectivity index (χ3n) is 4.58. The van der Waals surface area contributed by atoms with E-state index >= 15 is 0 Å². The molecule has 0 aromatic heterocycles. The smallest absolute Gasteiger partial charge is 0.363 e. The lowest BCUT2D eigenvalue weighted by atomic mass is 10.1. The van der Waals surface area contributed by atoms with Gasteiger partial charge in [0.25, 0.3) is 0 Å². The minimum absolute atomic E-state index is 0.0382. The van der Waals surface area contributed by atoms with Crippen LogP contribution in [0.1, 0.15) is 16.7 Å². The van der Waals surface area contributed by atoms with Crippen LogP contribution in [-0.2, 0) is 16.1 Å². The van der Waals surface area contributed by atoms with E-state index in [0.717, 1.165) is 9.13 Å². The molecule has 5 nitrogen and oxygen atoms in total. The number of halogens is 3. The highest BCUT2D eigenvalue weighted by Gasteiger charge is 2.25. The topological polar surface area (TPSA) is 57.1 Å². The van der Waals surface area contributed by atoms with Gasteiger partial charge < -0.3 is 14.2 Å². The SMILES string of the molecule is COc1cc(/C=C2\N=C(c3cccc(F)c3)OC2=O)cc(Cl)c1OCc1ccccc1I. The highest BCUT2D eigenvalue weighted by atomic mass is 127. The fraction of sp³-hybridized carbons (Fsp3) is 0.0833. The van der Waals surface area contributed by atoms with E-state index in [9.17, 15) is 9.18 Å². The van der Waals surface area contributed by atoms with Gasteiger partial charge in [-0.3, -0.25) is 0 Å². The van der Waals surface area contributed by atoms with Gasteiger partial charge in [-0.1, -0.05) is 35.9 Å². The van der Waals surface area contributed by atoms with Crippen LogP contribution in [0.25, 0.3) is 6.08 Å². The number of hydrogen-bond acceptors (Lipinski definition) is 5. The summed E-state index contributed by atoms with van der Waals surface area (Å²) in [5, 5.41) is 0.322. The number of cyclic esters (lactones) is 1. The molecule has 32 heavy (non-hydrogen) atoms. The summed E-state index contributed by atoms with van der Waals surface area (Å²) in [7, 11) is 1.51. The molecule has 0 radical (unpaired) electrons. The number of aliphatic imine (C=N–C) groups is 1. The molecular formula is C24H16ClFINO4. The van der Waals surface area contributed by atoms with Gasteiger partial charge in [-0.2, -0.15) is 0 Å². The van der Waals surface area contributed by atoms with Crippen molar-refractivity contribution in [2.75, 3.05) is 7.11 Å². The second kappa shape index (κ2) is 9.70. The molecule has 4 rings (SSSR count). The number of carbonyl (C=O) groups excluding carboxylic acids is 1. The van der Waals surface area contributed by atoms with E-state index in [2.05, 4.69) is 27.6 Å². The van der Waals surface area contributed by atoms with Gasteiger partial charge in [-0.25, -0.2) is 14.2 Å². The third-order valence-corrected chi connectivity index (χ3v) is 5.91. The van der Waals surface area contributed by atoms with Crippen molar-refractivity contribution in [1.29, 1.82) is 0 Å². The molecule has 0 spiro atoms. The van der Waals surface area contributed by atoms with Crippen molar-refractivity contribution in [1.82, 2.24) is 0 Å². The molecule has 0 saturated carbocycles. The number of benzene rings is 3. The van der Waals surface area contributed by atoms with Crippen molar-refractivity contribution < 1.29 is 23.4 Å². The zero-order chi connectivity index (χ0) is 22.7. The van der Waals surface area contributed by atoms with Crippen LogP contribution in [0.2, 0.25) is 5.02 Å². The van der Waals surface area contributed by atoms with Gasteiger partial charge in [0.2, 0.25) is 5.90 Å². The third kappa shape index (κ3) is 4.94. The molecule has 1 aliphatic heterocycles. The monoisotopic (exact) mass is 563 g/mol. The average molecular weight is 564 g/mol. The largest absolute Gasteiger partial charge is 0.493 e. The highest BCUT2D eigenvalue weighted by Crippen LogP contribution is 2.38. The van der Waals surface area contributed by atoms with E-state index < -0.39 is 11.8 Å². The first-order chi connectivity index (χ1) is 15.4. The van der Waals surface area contributed by atoms with Crippen molar-refractivity contribution in [3.8, 4) is 11.5 Å². The molecule has 0 atom stereocenters. The maximum atomic E-state index is 13.5. The Morgan fingerprint density at radius 3 is 2.72 bits per heavy atom. The molecule has 162 valence electrons. The molecule has 3 aromatic rings. The molecule has 0 unspecified atom stereocenters. The molecule has 0 N–H and O–H groups in total. The fourth-order valence-electron chi connectivity index (χ4n) is 3.04. The second-order valence-corrected chi connectivity index (χ2v) is 8.33. The van der Waals surface area contributed by atoms with Crippen LogP contribution in [0.15, 0.2) is 71.4 Å². The normalized spacial score (nSPS) is 14.3. The molecule has 0 aliphatic carbocycles. The summed E-state index contributed by atoms with van der Waals surface area (Å²) in [6.07, 6.45) is 1.52. The van der Waals surface area contributed by atoms with Crippen LogP contribution >= 0.6 is 34.2 Å². The molecule has 0 amide bonds. The lowest BCUT2D eigenvalue weighted by Gasteiger charge is -2.14. The summed E-state index contributed by atoms with van der Waals surface area (Å²) in [5.41, 5.74) is 2.03. The molecule has 3 aromatic carbocycles. The van der Waals surface area contributed by atoms with Gasteiger partial charge in [0.15, 0.2) is 17.2 Å². The Kier molecular flexibility index (Phi) is 6.76. The van der Waals surface area contributed by atoms with Crippen LogP contribution in [-0.4, -0.2) is 19.0 Å². The Labute approximate surface area is 202 Å². The summed E-state index contributed by atoms with van der Waals surface area (Å²) in [6, 6.07) is 16.9. The van der Waals surface area contributed by atoms with Crippen molar-refractivity contribution in [2.45, 2.75) is 6.61 Å². The van der Waals surface area contributed by atoms with Crippen LogP contribution in [0, 0.1) is 9.39 Å². The maximum absolute atomic E-state index is 13.5. The summed E-state index contributed by atoms with van der Waals surface area (Å²) in [5.74, 6) is -0.240. The number of nitrogens with zero attached hydrogens (tertiary/aromatic N) is 1. The van der Waals surface area contributed by atoms with Crippen LogP contribution in [0.4, 0.5) is 4.39 Å². The molecular weight excluding hydrogens is 548 g/mol. The van der Waals surface area contributed by atoms with Gasteiger partial charge >= 0.3 is 5.97 Å². The molecule has 1 heterocycles. The lowest BCUT2D eigenvalue weighted by molar-refractivity contribution is -0.129. The Hall–Kier alpha value is -2.91. The average Bonchev–Trinajstić information content (AvgIpc) is 3.14. The van der Waals surface area contributed by atoms with Crippen molar-refractivity contribution in [3.05, 3.63) is 97.5 Å². The Morgan fingerprint density at radius 2 is 1.97 bits per heavy atom. The number of rotatable bonds is 6. The Balaban J connectivity index is 1.60. The standard InChI is InChI=1S/C24H16ClFINO4/c1-30-21-11-14(9-18(25)22(21)31-13-16-5-2-3-8-19(16)27)10-20-24(29)32-23(28-20)15-6-4-7-17(26)12-15/h2-12H,13H2,1H3/b20-10-. The van der Waals surface area contributed by atoms with Gasteiger partial charge in [0.05, 0.1) is 12.1 Å². The number of esters is 1. The van der Waals surface area contributed by atoms with E-state index in [4.69, 9.17) is 25.8 Å². The summed E-state index contributed by atoms with van der Waals surface area (Å²) >= 11 is 8.70. The van der Waals surface area contributed by atoms with Gasteiger partial charge in [0.1, 0.15) is 12.4 Å². The predicted molar refractivity (Wildman–Crippen MR) is 129 cm³/mol. The van der Waals surface area contributed by atoms with Gasteiger partial charge in [-0.05, 0) is 70.6 Å². The van der Waals surface area contributed by atoms with E-state index in [0.29, 0.717) is 34.3 Å². The van der Waals surface area contributed by atoms with Crippen molar-refractivity contribution in [2.24, 2.45) is 4.99 Å². The van der Waals surface area contributed by atoms with E-state index in [1.54, 1.807) is 18.2 Å². The van der Waals surface area contributed by atoms with Gasteiger partial charge in [0, 0.05) is 14.7 Å². The fourth-order valence-corrected chi connectivity index (χ4v) is 3.86. The van der Waals surface area contributed by atoms with E-state index in [1.165, 1.54) is 31.4 Å². The minimum atomic E-state index is -0.640. The van der Waals surface area contributed by atoms with E-state index in [1.807, 2.05) is 24.3 Å². The first kappa shape index (κ1) is 22.3. The zero-order valence-electron chi connectivity index (χ0n) is 16.8. The van der Waals surface area contributed by atoms with E-state index in [-0.39, 0.29) is 11.6 Å². The minimum Gasteiger partial charge on any atom is -0.493 e.